The highest BCUT2D eigenvalue weighted by Crippen LogP contribution is 2.23. The molecule has 0 aromatic carbocycles. The van der Waals surface area contributed by atoms with Gasteiger partial charge < -0.3 is 15.0 Å². The SMILES string of the molecule is CNc1cc(C)nc([C@H]2COCCN2CC(=O)N2CCCCC2)n1. The average molecular weight is 333 g/mol. The predicted octanol–water partition coefficient (Wildman–Crippen LogP) is 1.21. The van der Waals surface area contributed by atoms with Crippen LogP contribution >= 0.6 is 0 Å². The minimum absolute atomic E-state index is 0.0699. The number of likely N-dealkylation sites (tertiary alicyclic amines) is 1. The molecule has 1 aromatic heterocycles. The van der Waals surface area contributed by atoms with Crippen molar-refractivity contribution in [1.82, 2.24) is 19.8 Å². The Bertz CT molecular complexity index is 574. The fourth-order valence-electron chi connectivity index (χ4n) is 3.35. The number of aryl methyl sites for hydroxylation is 1. The van der Waals surface area contributed by atoms with E-state index in [1.165, 1.54) is 6.42 Å². The topological polar surface area (TPSA) is 70.6 Å². The highest BCUT2D eigenvalue weighted by molar-refractivity contribution is 5.78. The number of aromatic nitrogens is 2. The van der Waals surface area contributed by atoms with E-state index in [0.717, 1.165) is 49.8 Å². The molecule has 0 radical (unpaired) electrons. The number of hydrogen-bond donors (Lipinski definition) is 1. The third-order valence-corrected chi connectivity index (χ3v) is 4.71. The molecule has 1 aromatic rings. The van der Waals surface area contributed by atoms with Crippen molar-refractivity contribution in [1.29, 1.82) is 0 Å². The molecule has 24 heavy (non-hydrogen) atoms. The smallest absolute Gasteiger partial charge is 0.236 e. The summed E-state index contributed by atoms with van der Waals surface area (Å²) in [6.45, 7) is 6.06. The number of carbonyl (C=O) groups is 1. The van der Waals surface area contributed by atoms with E-state index in [2.05, 4.69) is 20.2 Å². The quantitative estimate of drug-likeness (QED) is 0.893. The summed E-state index contributed by atoms with van der Waals surface area (Å²) >= 11 is 0. The number of nitrogens with zero attached hydrogens (tertiary/aromatic N) is 4. The molecule has 1 N–H and O–H groups in total. The van der Waals surface area contributed by atoms with Crippen molar-refractivity contribution < 1.29 is 9.53 Å². The van der Waals surface area contributed by atoms with Crippen molar-refractivity contribution in [2.45, 2.75) is 32.2 Å². The number of carbonyl (C=O) groups excluding carboxylic acids is 1. The van der Waals surface area contributed by atoms with E-state index in [0.29, 0.717) is 19.8 Å². The zero-order valence-electron chi connectivity index (χ0n) is 14.6. The van der Waals surface area contributed by atoms with Crippen LogP contribution in [0.2, 0.25) is 0 Å². The molecule has 3 heterocycles. The summed E-state index contributed by atoms with van der Waals surface area (Å²) in [5.74, 6) is 1.74. The third-order valence-electron chi connectivity index (χ3n) is 4.71. The molecule has 0 spiro atoms. The lowest BCUT2D eigenvalue weighted by molar-refractivity contribution is -0.135. The molecule has 7 heteroatoms. The van der Waals surface area contributed by atoms with Crippen LogP contribution in [-0.4, -0.2) is 72.1 Å². The van der Waals surface area contributed by atoms with Crippen LogP contribution < -0.4 is 5.32 Å². The van der Waals surface area contributed by atoms with E-state index in [4.69, 9.17) is 4.74 Å². The normalized spacial score (nSPS) is 22.4. The monoisotopic (exact) mass is 333 g/mol. The maximum absolute atomic E-state index is 12.6. The number of hydrogen-bond acceptors (Lipinski definition) is 6. The molecule has 2 aliphatic heterocycles. The zero-order valence-corrected chi connectivity index (χ0v) is 14.6. The first-order valence-corrected chi connectivity index (χ1v) is 8.80. The average Bonchev–Trinajstić information content (AvgIpc) is 2.62. The Balaban J connectivity index is 1.73. The van der Waals surface area contributed by atoms with Crippen LogP contribution in [0, 0.1) is 6.92 Å². The second-order valence-corrected chi connectivity index (χ2v) is 6.51. The predicted molar refractivity (Wildman–Crippen MR) is 91.9 cm³/mol. The van der Waals surface area contributed by atoms with Gasteiger partial charge in [-0.05, 0) is 26.2 Å². The number of rotatable bonds is 4. The number of anilines is 1. The molecule has 2 fully saturated rings. The van der Waals surface area contributed by atoms with Crippen LogP contribution in [0.25, 0.3) is 0 Å². The van der Waals surface area contributed by atoms with E-state index >= 15 is 0 Å². The standard InChI is InChI=1S/C17H27N5O2/c1-13-10-15(18-2)20-17(19-13)14-12-24-9-8-22(14)11-16(23)21-6-4-3-5-7-21/h10,14H,3-9,11-12H2,1-2H3,(H,18,19,20)/t14-/m1/s1. The summed E-state index contributed by atoms with van der Waals surface area (Å²) in [6.07, 6.45) is 3.46. The van der Waals surface area contributed by atoms with E-state index in [1.807, 2.05) is 24.9 Å². The molecular weight excluding hydrogens is 306 g/mol. The van der Waals surface area contributed by atoms with E-state index in [-0.39, 0.29) is 11.9 Å². The van der Waals surface area contributed by atoms with E-state index in [1.54, 1.807) is 0 Å². The number of ether oxygens (including phenoxy) is 1. The maximum Gasteiger partial charge on any atom is 0.236 e. The summed E-state index contributed by atoms with van der Waals surface area (Å²) in [7, 11) is 1.85. The van der Waals surface area contributed by atoms with Crippen LogP contribution in [0.5, 0.6) is 0 Å². The van der Waals surface area contributed by atoms with Gasteiger partial charge in [-0.1, -0.05) is 0 Å². The molecular formula is C17H27N5O2. The van der Waals surface area contributed by atoms with E-state index in [9.17, 15) is 4.79 Å². The Hall–Kier alpha value is -1.73. The van der Waals surface area contributed by atoms with Gasteiger partial charge in [0.2, 0.25) is 5.91 Å². The van der Waals surface area contributed by atoms with Gasteiger partial charge in [0.25, 0.3) is 0 Å². The van der Waals surface area contributed by atoms with Gasteiger partial charge in [0.05, 0.1) is 25.8 Å². The van der Waals surface area contributed by atoms with Crippen LogP contribution in [0.1, 0.15) is 36.8 Å². The van der Waals surface area contributed by atoms with Gasteiger partial charge in [0.1, 0.15) is 11.6 Å². The second kappa shape index (κ2) is 7.90. The van der Waals surface area contributed by atoms with Gasteiger partial charge in [-0.15, -0.1) is 0 Å². The second-order valence-electron chi connectivity index (χ2n) is 6.51. The molecule has 0 aliphatic carbocycles. The molecule has 3 rings (SSSR count). The van der Waals surface area contributed by atoms with Gasteiger partial charge in [-0.25, -0.2) is 9.97 Å². The van der Waals surface area contributed by atoms with Crippen LogP contribution in [0.4, 0.5) is 5.82 Å². The lowest BCUT2D eigenvalue weighted by Crippen LogP contribution is -2.48. The van der Waals surface area contributed by atoms with Gasteiger partial charge >= 0.3 is 0 Å². The first-order valence-electron chi connectivity index (χ1n) is 8.80. The number of morpholine rings is 1. The molecule has 2 aliphatic rings. The molecule has 2 saturated heterocycles. The van der Waals surface area contributed by atoms with Gasteiger partial charge in [0.15, 0.2) is 0 Å². The fraction of sp³-hybridized carbons (Fsp3) is 0.706. The highest BCUT2D eigenvalue weighted by atomic mass is 16.5. The molecule has 132 valence electrons. The van der Waals surface area contributed by atoms with Crippen LogP contribution in [0.3, 0.4) is 0 Å². The molecule has 0 saturated carbocycles. The van der Waals surface area contributed by atoms with Crippen molar-refractivity contribution in [3.63, 3.8) is 0 Å². The zero-order chi connectivity index (χ0) is 16.9. The van der Waals surface area contributed by atoms with Crippen LogP contribution in [-0.2, 0) is 9.53 Å². The van der Waals surface area contributed by atoms with Crippen molar-refractivity contribution in [3.05, 3.63) is 17.6 Å². The lowest BCUT2D eigenvalue weighted by Gasteiger charge is -2.36. The Kier molecular flexibility index (Phi) is 5.63. The largest absolute Gasteiger partial charge is 0.378 e. The summed E-state index contributed by atoms with van der Waals surface area (Å²) < 4.78 is 5.64. The Morgan fingerprint density at radius 3 is 2.83 bits per heavy atom. The van der Waals surface area contributed by atoms with Gasteiger partial charge in [0, 0.05) is 38.4 Å². The minimum Gasteiger partial charge on any atom is -0.378 e. The summed E-state index contributed by atoms with van der Waals surface area (Å²) in [5.41, 5.74) is 0.914. The Morgan fingerprint density at radius 2 is 2.08 bits per heavy atom. The number of nitrogens with one attached hydrogen (secondary N) is 1. The molecule has 0 bridgehead atoms. The van der Waals surface area contributed by atoms with Gasteiger partial charge in [-0.3, -0.25) is 9.69 Å². The van der Waals surface area contributed by atoms with Gasteiger partial charge in [-0.2, -0.15) is 0 Å². The first kappa shape index (κ1) is 17.1. The number of amides is 1. The molecule has 1 amide bonds. The Labute approximate surface area is 143 Å². The first-order chi connectivity index (χ1) is 11.7. The van der Waals surface area contributed by atoms with Crippen molar-refractivity contribution in [2.24, 2.45) is 0 Å². The summed E-state index contributed by atoms with van der Waals surface area (Å²) in [4.78, 5) is 25.9. The van der Waals surface area contributed by atoms with E-state index < -0.39 is 0 Å². The molecule has 0 unspecified atom stereocenters. The molecule has 1 atom stereocenters. The van der Waals surface area contributed by atoms with Crippen molar-refractivity contribution in [3.8, 4) is 0 Å². The fourth-order valence-corrected chi connectivity index (χ4v) is 3.35. The van der Waals surface area contributed by atoms with Crippen molar-refractivity contribution in [2.75, 3.05) is 51.8 Å². The summed E-state index contributed by atoms with van der Waals surface area (Å²) in [5, 5.41) is 3.07. The highest BCUT2D eigenvalue weighted by Gasteiger charge is 2.30. The Morgan fingerprint density at radius 1 is 1.29 bits per heavy atom. The summed E-state index contributed by atoms with van der Waals surface area (Å²) in [6, 6.07) is 1.84. The third kappa shape index (κ3) is 4.02. The maximum atomic E-state index is 12.6. The lowest BCUT2D eigenvalue weighted by atomic mass is 10.1. The van der Waals surface area contributed by atoms with Crippen molar-refractivity contribution >= 4 is 11.7 Å². The minimum atomic E-state index is -0.0699. The molecule has 7 nitrogen and oxygen atoms in total. The number of piperidine rings is 1. The van der Waals surface area contributed by atoms with Crippen LogP contribution in [0.15, 0.2) is 6.07 Å².